The molecule has 118 valence electrons. The van der Waals surface area contributed by atoms with Gasteiger partial charge in [-0.3, -0.25) is 9.69 Å². The van der Waals surface area contributed by atoms with E-state index in [9.17, 15) is 4.79 Å². The summed E-state index contributed by atoms with van der Waals surface area (Å²) in [5, 5.41) is 6.44. The molecule has 2 atom stereocenters. The zero-order chi connectivity index (χ0) is 15.1. The summed E-state index contributed by atoms with van der Waals surface area (Å²) in [6.45, 7) is 13.7. The molecule has 1 aliphatic rings. The van der Waals surface area contributed by atoms with Crippen LogP contribution in [0.15, 0.2) is 0 Å². The van der Waals surface area contributed by atoms with Crippen molar-refractivity contribution in [3.05, 3.63) is 0 Å². The van der Waals surface area contributed by atoms with Gasteiger partial charge >= 0.3 is 0 Å². The number of carbonyl (C=O) groups excluding carboxylic acids is 1. The quantitative estimate of drug-likeness (QED) is 0.751. The van der Waals surface area contributed by atoms with Crippen molar-refractivity contribution in [2.45, 2.75) is 72.0 Å². The molecule has 0 spiro atoms. The minimum atomic E-state index is 0.0141. The smallest absolute Gasteiger partial charge is 0.237 e. The summed E-state index contributed by atoms with van der Waals surface area (Å²) in [6.07, 6.45) is 3.37. The van der Waals surface area contributed by atoms with Crippen molar-refractivity contribution in [3.8, 4) is 0 Å². The van der Waals surface area contributed by atoms with E-state index in [0.29, 0.717) is 18.0 Å². The lowest BCUT2D eigenvalue weighted by molar-refractivity contribution is -0.124. The van der Waals surface area contributed by atoms with Gasteiger partial charge in [-0.25, -0.2) is 0 Å². The largest absolute Gasteiger partial charge is 0.353 e. The van der Waals surface area contributed by atoms with E-state index in [1.54, 1.807) is 0 Å². The molecule has 0 bridgehead atoms. The van der Waals surface area contributed by atoms with Crippen molar-refractivity contribution in [1.82, 2.24) is 15.5 Å². The number of hydrogen-bond donors (Lipinski definition) is 2. The van der Waals surface area contributed by atoms with Gasteiger partial charge in [-0.15, -0.1) is 0 Å². The molecule has 1 heterocycles. The van der Waals surface area contributed by atoms with Crippen LogP contribution in [0.25, 0.3) is 0 Å². The van der Waals surface area contributed by atoms with Crippen molar-refractivity contribution in [2.75, 3.05) is 19.6 Å². The predicted molar refractivity (Wildman–Crippen MR) is 84.8 cm³/mol. The Morgan fingerprint density at radius 2 is 1.95 bits per heavy atom. The summed E-state index contributed by atoms with van der Waals surface area (Å²) in [6, 6.07) is 1.05. The van der Waals surface area contributed by atoms with E-state index in [4.69, 9.17) is 0 Å². The second-order valence-electron chi connectivity index (χ2n) is 6.52. The summed E-state index contributed by atoms with van der Waals surface area (Å²) < 4.78 is 0. The minimum absolute atomic E-state index is 0.0141. The lowest BCUT2D eigenvalue weighted by Gasteiger charge is -2.31. The zero-order valence-electron chi connectivity index (χ0n) is 13.9. The van der Waals surface area contributed by atoms with Crippen molar-refractivity contribution < 1.29 is 4.79 Å². The van der Waals surface area contributed by atoms with Crippen LogP contribution >= 0.6 is 0 Å². The van der Waals surface area contributed by atoms with Crippen molar-refractivity contribution >= 4 is 5.91 Å². The van der Waals surface area contributed by atoms with Gasteiger partial charge in [0.2, 0.25) is 5.91 Å². The van der Waals surface area contributed by atoms with E-state index in [0.717, 1.165) is 26.1 Å². The zero-order valence-corrected chi connectivity index (χ0v) is 13.9. The van der Waals surface area contributed by atoms with E-state index in [1.807, 2.05) is 0 Å². The molecule has 0 aromatic rings. The molecule has 20 heavy (non-hydrogen) atoms. The maximum atomic E-state index is 12.2. The number of amides is 1. The molecule has 1 amide bonds. The number of nitrogens with zero attached hydrogens (tertiary/aromatic N) is 1. The van der Waals surface area contributed by atoms with Crippen LogP contribution in [0.3, 0.4) is 0 Å². The molecular formula is C16H33N3O. The molecule has 1 rings (SSSR count). The first-order valence-electron chi connectivity index (χ1n) is 8.22. The fourth-order valence-electron chi connectivity index (χ4n) is 3.11. The fraction of sp³-hybridized carbons (Fsp3) is 0.938. The van der Waals surface area contributed by atoms with Gasteiger partial charge in [0, 0.05) is 25.2 Å². The summed E-state index contributed by atoms with van der Waals surface area (Å²) in [4.78, 5) is 14.6. The maximum absolute atomic E-state index is 12.2. The third-order valence-electron chi connectivity index (χ3n) is 4.40. The van der Waals surface area contributed by atoms with Crippen molar-refractivity contribution in [3.63, 3.8) is 0 Å². The average Bonchev–Trinajstić information content (AvgIpc) is 2.42. The van der Waals surface area contributed by atoms with Crippen molar-refractivity contribution in [2.24, 2.45) is 5.92 Å². The summed E-state index contributed by atoms with van der Waals surface area (Å²) in [5.74, 6) is 0.880. The van der Waals surface area contributed by atoms with Crippen LogP contribution in [0.4, 0.5) is 0 Å². The molecule has 0 saturated carbocycles. The molecule has 2 unspecified atom stereocenters. The SMILES string of the molecule is CCC1CCNC(C(=O)NCCN(C(C)C)C(C)C)C1. The maximum Gasteiger partial charge on any atom is 0.237 e. The highest BCUT2D eigenvalue weighted by atomic mass is 16.2. The van der Waals surface area contributed by atoms with E-state index in [1.165, 1.54) is 12.8 Å². The Balaban J connectivity index is 2.32. The Kier molecular flexibility index (Phi) is 7.52. The average molecular weight is 283 g/mol. The highest BCUT2D eigenvalue weighted by Gasteiger charge is 2.25. The third kappa shape index (κ3) is 5.41. The van der Waals surface area contributed by atoms with Crippen LogP contribution in [0.5, 0.6) is 0 Å². The van der Waals surface area contributed by atoms with Gasteiger partial charge in [0.1, 0.15) is 0 Å². The van der Waals surface area contributed by atoms with Crippen molar-refractivity contribution in [1.29, 1.82) is 0 Å². The Morgan fingerprint density at radius 1 is 1.30 bits per heavy atom. The molecule has 0 aromatic carbocycles. The molecule has 0 radical (unpaired) electrons. The highest BCUT2D eigenvalue weighted by Crippen LogP contribution is 2.19. The molecule has 2 N–H and O–H groups in total. The van der Waals surface area contributed by atoms with E-state index in [2.05, 4.69) is 50.2 Å². The Morgan fingerprint density at radius 3 is 2.50 bits per heavy atom. The second-order valence-corrected chi connectivity index (χ2v) is 6.52. The van der Waals surface area contributed by atoms with Crippen LogP contribution in [-0.2, 0) is 4.79 Å². The number of rotatable bonds is 7. The second kappa shape index (κ2) is 8.63. The number of piperidine rings is 1. The molecule has 1 aliphatic heterocycles. The molecule has 4 nitrogen and oxygen atoms in total. The monoisotopic (exact) mass is 283 g/mol. The van der Waals surface area contributed by atoms with Gasteiger partial charge in [0.25, 0.3) is 0 Å². The topological polar surface area (TPSA) is 44.4 Å². The van der Waals surface area contributed by atoms with Crippen LogP contribution in [0.1, 0.15) is 53.9 Å². The van der Waals surface area contributed by atoms with Gasteiger partial charge in [-0.05, 0) is 53.0 Å². The Hall–Kier alpha value is -0.610. The molecular weight excluding hydrogens is 250 g/mol. The van der Waals surface area contributed by atoms with Crippen LogP contribution in [0.2, 0.25) is 0 Å². The first-order chi connectivity index (χ1) is 9.45. The van der Waals surface area contributed by atoms with Gasteiger partial charge in [0.15, 0.2) is 0 Å². The molecule has 4 heteroatoms. The molecule has 1 fully saturated rings. The first-order valence-corrected chi connectivity index (χ1v) is 8.22. The predicted octanol–water partition coefficient (Wildman–Crippen LogP) is 2.00. The van der Waals surface area contributed by atoms with E-state index < -0.39 is 0 Å². The fourth-order valence-corrected chi connectivity index (χ4v) is 3.11. The van der Waals surface area contributed by atoms with Gasteiger partial charge in [-0.1, -0.05) is 13.3 Å². The lowest BCUT2D eigenvalue weighted by atomic mass is 9.90. The highest BCUT2D eigenvalue weighted by molar-refractivity contribution is 5.81. The van der Waals surface area contributed by atoms with E-state index >= 15 is 0 Å². The lowest BCUT2D eigenvalue weighted by Crippen LogP contribution is -2.50. The Bertz CT molecular complexity index is 283. The van der Waals surface area contributed by atoms with E-state index in [-0.39, 0.29) is 11.9 Å². The number of carbonyl (C=O) groups is 1. The number of hydrogen-bond acceptors (Lipinski definition) is 3. The van der Waals surface area contributed by atoms with Crippen LogP contribution in [-0.4, -0.2) is 48.6 Å². The summed E-state index contributed by atoms with van der Waals surface area (Å²) in [7, 11) is 0. The van der Waals surface area contributed by atoms with Gasteiger partial charge in [-0.2, -0.15) is 0 Å². The molecule has 0 aliphatic carbocycles. The minimum Gasteiger partial charge on any atom is -0.353 e. The first kappa shape index (κ1) is 17.4. The molecule has 1 saturated heterocycles. The van der Waals surface area contributed by atoms with Crippen LogP contribution in [0, 0.1) is 5.92 Å². The van der Waals surface area contributed by atoms with Gasteiger partial charge in [0.05, 0.1) is 6.04 Å². The number of nitrogens with one attached hydrogen (secondary N) is 2. The molecule has 0 aromatic heterocycles. The standard InChI is InChI=1S/C16H33N3O/c1-6-14-7-8-17-15(11-14)16(20)18-9-10-19(12(2)3)13(4)5/h12-15,17H,6-11H2,1-5H3,(H,18,20). The van der Waals surface area contributed by atoms with Gasteiger partial charge < -0.3 is 10.6 Å². The summed E-state index contributed by atoms with van der Waals surface area (Å²) in [5.41, 5.74) is 0. The normalized spacial score (nSPS) is 23.6. The summed E-state index contributed by atoms with van der Waals surface area (Å²) >= 11 is 0. The third-order valence-corrected chi connectivity index (χ3v) is 4.40. The Labute approximate surface area is 124 Å². The van der Waals surface area contributed by atoms with Crippen LogP contribution < -0.4 is 10.6 Å².